The maximum absolute atomic E-state index is 5.48. The number of hydrogen-bond donors (Lipinski definition) is 1. The molecule has 0 fully saturated rings. The highest BCUT2D eigenvalue weighted by Crippen LogP contribution is 2.17. The minimum atomic E-state index is 0.871. The predicted octanol–water partition coefficient (Wildman–Crippen LogP) is 5.67. The molecule has 0 radical (unpaired) electrons. The maximum atomic E-state index is 5.48. The van der Waals surface area contributed by atoms with Gasteiger partial charge in [0, 0.05) is 0 Å². The number of nitrogens with two attached hydrogens (primary N) is 1. The van der Waals surface area contributed by atoms with Crippen molar-refractivity contribution in [1.82, 2.24) is 0 Å². The molecule has 110 valence electrons. The van der Waals surface area contributed by atoms with Gasteiger partial charge in [0.1, 0.15) is 0 Å². The number of rotatable bonds is 14. The maximum Gasteiger partial charge on any atom is -0.00773 e. The van der Waals surface area contributed by atoms with Crippen molar-refractivity contribution in [3.8, 4) is 0 Å². The molecule has 0 bridgehead atoms. The van der Waals surface area contributed by atoms with Crippen LogP contribution in [0.4, 0.5) is 0 Å². The Labute approximate surface area is 116 Å². The second-order valence-corrected chi connectivity index (χ2v) is 6.01. The van der Waals surface area contributed by atoms with Crippen LogP contribution in [0.25, 0.3) is 0 Å². The molecule has 1 nitrogen and oxygen atoms in total. The Morgan fingerprint density at radius 2 is 1.11 bits per heavy atom. The van der Waals surface area contributed by atoms with Gasteiger partial charge in [-0.2, -0.15) is 0 Å². The molecule has 2 N–H and O–H groups in total. The van der Waals surface area contributed by atoms with Crippen LogP contribution in [0.2, 0.25) is 0 Å². The number of hydrogen-bond acceptors (Lipinski definition) is 1. The van der Waals surface area contributed by atoms with Gasteiger partial charge in [-0.05, 0) is 18.9 Å². The molecule has 0 saturated carbocycles. The largest absolute Gasteiger partial charge is 0.330 e. The van der Waals surface area contributed by atoms with E-state index in [1.807, 2.05) is 0 Å². The molecule has 1 atom stereocenters. The third-order valence-corrected chi connectivity index (χ3v) is 3.95. The first-order chi connectivity index (χ1) is 8.81. The molecule has 1 heteroatoms. The first kappa shape index (κ1) is 18.0. The fourth-order valence-electron chi connectivity index (χ4n) is 2.58. The molecule has 0 aliphatic heterocycles. The number of unbranched alkanes of at least 4 members (excludes halogenated alkanes) is 9. The second-order valence-electron chi connectivity index (χ2n) is 6.01. The SMILES string of the molecule is CCCCCCC(C)CCCCCCCCCN. The quantitative estimate of drug-likeness (QED) is 0.397. The topological polar surface area (TPSA) is 26.0 Å². The molecule has 0 heterocycles. The first-order valence-electron chi connectivity index (χ1n) is 8.51. The Bertz CT molecular complexity index is 145. The lowest BCUT2D eigenvalue weighted by molar-refractivity contribution is 0.433. The van der Waals surface area contributed by atoms with Crippen molar-refractivity contribution in [3.63, 3.8) is 0 Å². The van der Waals surface area contributed by atoms with Gasteiger partial charge in [-0.25, -0.2) is 0 Å². The molecular weight excluding hydrogens is 218 g/mol. The highest BCUT2D eigenvalue weighted by Gasteiger charge is 2.01. The summed E-state index contributed by atoms with van der Waals surface area (Å²) in [7, 11) is 0. The van der Waals surface area contributed by atoms with E-state index in [1.165, 1.54) is 83.5 Å². The fourth-order valence-corrected chi connectivity index (χ4v) is 2.58. The zero-order valence-electron chi connectivity index (χ0n) is 13.1. The zero-order valence-corrected chi connectivity index (χ0v) is 13.1. The van der Waals surface area contributed by atoms with Crippen LogP contribution in [0.5, 0.6) is 0 Å². The van der Waals surface area contributed by atoms with Gasteiger partial charge in [-0.3, -0.25) is 0 Å². The van der Waals surface area contributed by atoms with E-state index in [2.05, 4.69) is 13.8 Å². The minimum Gasteiger partial charge on any atom is -0.330 e. The van der Waals surface area contributed by atoms with Crippen molar-refractivity contribution < 1.29 is 0 Å². The van der Waals surface area contributed by atoms with E-state index in [0.29, 0.717) is 0 Å². The van der Waals surface area contributed by atoms with Crippen molar-refractivity contribution in [2.24, 2.45) is 11.7 Å². The highest BCUT2D eigenvalue weighted by molar-refractivity contribution is 4.55. The summed E-state index contributed by atoms with van der Waals surface area (Å²) in [5.41, 5.74) is 5.48. The van der Waals surface area contributed by atoms with E-state index in [1.54, 1.807) is 0 Å². The van der Waals surface area contributed by atoms with Gasteiger partial charge in [0.15, 0.2) is 0 Å². The first-order valence-corrected chi connectivity index (χ1v) is 8.51. The Morgan fingerprint density at radius 3 is 1.61 bits per heavy atom. The highest BCUT2D eigenvalue weighted by atomic mass is 14.5. The summed E-state index contributed by atoms with van der Waals surface area (Å²) in [6.45, 7) is 5.60. The molecule has 0 aliphatic rings. The van der Waals surface area contributed by atoms with Crippen LogP contribution < -0.4 is 5.73 Å². The molecule has 0 aromatic rings. The van der Waals surface area contributed by atoms with Gasteiger partial charge >= 0.3 is 0 Å². The Kier molecular flexibility index (Phi) is 15.0. The average molecular weight is 255 g/mol. The van der Waals surface area contributed by atoms with Crippen LogP contribution in [0, 0.1) is 5.92 Å². The monoisotopic (exact) mass is 255 g/mol. The standard InChI is InChI=1S/C17H37N/c1-3-4-5-11-14-17(2)15-12-9-7-6-8-10-13-16-18/h17H,3-16,18H2,1-2H3. The van der Waals surface area contributed by atoms with Crippen molar-refractivity contribution in [3.05, 3.63) is 0 Å². The van der Waals surface area contributed by atoms with Gasteiger partial charge in [-0.1, -0.05) is 90.9 Å². The van der Waals surface area contributed by atoms with Crippen molar-refractivity contribution in [1.29, 1.82) is 0 Å². The summed E-state index contributed by atoms with van der Waals surface area (Å²) in [5.74, 6) is 0.957. The Morgan fingerprint density at radius 1 is 0.667 bits per heavy atom. The van der Waals surface area contributed by atoms with Crippen LogP contribution in [-0.2, 0) is 0 Å². The Balaban J connectivity index is 3.08. The summed E-state index contributed by atoms with van der Waals surface area (Å²) < 4.78 is 0. The molecule has 0 amide bonds. The van der Waals surface area contributed by atoms with E-state index in [4.69, 9.17) is 5.73 Å². The molecule has 0 saturated heterocycles. The van der Waals surface area contributed by atoms with E-state index in [0.717, 1.165) is 12.5 Å². The molecule has 1 unspecified atom stereocenters. The van der Waals surface area contributed by atoms with Crippen molar-refractivity contribution >= 4 is 0 Å². The predicted molar refractivity (Wildman–Crippen MR) is 83.9 cm³/mol. The summed E-state index contributed by atoms with van der Waals surface area (Å²) >= 11 is 0. The lowest BCUT2D eigenvalue weighted by Gasteiger charge is -2.10. The Hall–Kier alpha value is -0.0400. The van der Waals surface area contributed by atoms with Crippen LogP contribution in [-0.4, -0.2) is 6.54 Å². The summed E-state index contributed by atoms with van der Waals surface area (Å²) in [6.07, 6.45) is 18.3. The van der Waals surface area contributed by atoms with Gasteiger partial charge in [0.2, 0.25) is 0 Å². The second kappa shape index (κ2) is 15.0. The molecule has 0 aliphatic carbocycles. The van der Waals surface area contributed by atoms with E-state index < -0.39 is 0 Å². The average Bonchev–Trinajstić information content (AvgIpc) is 2.38. The van der Waals surface area contributed by atoms with E-state index in [9.17, 15) is 0 Å². The molecular formula is C17H37N. The van der Waals surface area contributed by atoms with E-state index in [-0.39, 0.29) is 0 Å². The summed E-state index contributed by atoms with van der Waals surface area (Å²) in [6, 6.07) is 0. The van der Waals surface area contributed by atoms with Crippen LogP contribution in [0.1, 0.15) is 97.3 Å². The lowest BCUT2D eigenvalue weighted by Crippen LogP contribution is -1.97. The molecule has 0 rings (SSSR count). The van der Waals surface area contributed by atoms with Gasteiger partial charge in [-0.15, -0.1) is 0 Å². The summed E-state index contributed by atoms with van der Waals surface area (Å²) in [4.78, 5) is 0. The van der Waals surface area contributed by atoms with Crippen molar-refractivity contribution in [2.75, 3.05) is 6.54 Å². The minimum absolute atomic E-state index is 0.871. The van der Waals surface area contributed by atoms with Gasteiger partial charge < -0.3 is 5.73 Å². The third kappa shape index (κ3) is 14.0. The zero-order chi connectivity index (χ0) is 13.5. The molecule has 0 aromatic heterocycles. The molecule has 0 spiro atoms. The van der Waals surface area contributed by atoms with Crippen LogP contribution in [0.3, 0.4) is 0 Å². The summed E-state index contributed by atoms with van der Waals surface area (Å²) in [5, 5.41) is 0. The van der Waals surface area contributed by atoms with Gasteiger partial charge in [0.25, 0.3) is 0 Å². The van der Waals surface area contributed by atoms with Gasteiger partial charge in [0.05, 0.1) is 0 Å². The fraction of sp³-hybridized carbons (Fsp3) is 1.00. The van der Waals surface area contributed by atoms with Crippen LogP contribution in [0.15, 0.2) is 0 Å². The molecule has 0 aromatic carbocycles. The third-order valence-electron chi connectivity index (χ3n) is 3.95. The normalized spacial score (nSPS) is 12.8. The smallest absolute Gasteiger partial charge is 0.00773 e. The van der Waals surface area contributed by atoms with Crippen molar-refractivity contribution in [2.45, 2.75) is 97.3 Å². The lowest BCUT2D eigenvalue weighted by atomic mass is 9.96. The van der Waals surface area contributed by atoms with Crippen LogP contribution >= 0.6 is 0 Å². The molecule has 18 heavy (non-hydrogen) atoms. The van der Waals surface area contributed by atoms with E-state index >= 15 is 0 Å².